The highest BCUT2D eigenvalue weighted by atomic mass is 15.3. The van der Waals surface area contributed by atoms with Crippen molar-refractivity contribution in [2.45, 2.75) is 25.2 Å². The molecule has 0 bridgehead atoms. The quantitative estimate of drug-likeness (QED) is 0.180. The number of nitrogens with one attached hydrogen (secondary N) is 2. The Morgan fingerprint density at radius 1 is 0.482 bits per heavy atom. The lowest BCUT2D eigenvalue weighted by atomic mass is 10.00. The second-order valence-corrected chi connectivity index (χ2v) is 14.8. The number of para-hydroxylation sites is 3. The first-order valence-corrected chi connectivity index (χ1v) is 19.5. The van der Waals surface area contributed by atoms with Crippen LogP contribution in [0, 0.1) is 0 Å². The van der Waals surface area contributed by atoms with E-state index >= 15 is 0 Å². The predicted octanol–water partition coefficient (Wildman–Crippen LogP) is 11.8. The Balaban J connectivity index is 1.04. The van der Waals surface area contributed by atoms with Crippen molar-refractivity contribution in [1.82, 2.24) is 19.8 Å². The number of allylic oxidation sites excluding steroid dienone is 2. The van der Waals surface area contributed by atoms with E-state index in [0.717, 1.165) is 46.7 Å². The highest BCUT2D eigenvalue weighted by molar-refractivity contribution is 6.19. The molecule has 0 amide bonds. The van der Waals surface area contributed by atoms with E-state index in [0.29, 0.717) is 0 Å². The van der Waals surface area contributed by atoms with Gasteiger partial charge in [0.2, 0.25) is 0 Å². The lowest BCUT2D eigenvalue weighted by Crippen LogP contribution is -2.49. The smallest absolute Gasteiger partial charge is 0.131 e. The second-order valence-electron chi connectivity index (χ2n) is 14.8. The third kappa shape index (κ3) is 5.47. The van der Waals surface area contributed by atoms with Crippen molar-refractivity contribution in [1.29, 1.82) is 0 Å². The monoisotopic (exact) mass is 721 g/mol. The molecule has 0 fully saturated rings. The lowest BCUT2D eigenvalue weighted by molar-refractivity contribution is 0.434. The molecule has 2 aromatic heterocycles. The SMILES string of the molecule is C1=CC(C2N=C(c3cccc(-c4cccc(-n5c6ccccc6c6cc7c8ccccc8n(-c8ccccc8)c7cc65)c4)c3)NC(c3ccccc3)N2)=CCC1. The molecule has 0 saturated heterocycles. The van der Waals surface area contributed by atoms with Gasteiger partial charge in [-0.1, -0.05) is 133 Å². The summed E-state index contributed by atoms with van der Waals surface area (Å²) in [6.45, 7) is 0. The van der Waals surface area contributed by atoms with Crippen LogP contribution in [-0.2, 0) is 0 Å². The number of hydrogen-bond donors (Lipinski definition) is 2. The third-order valence-electron chi connectivity index (χ3n) is 11.4. The van der Waals surface area contributed by atoms with Gasteiger partial charge in [0, 0.05) is 38.5 Å². The summed E-state index contributed by atoms with van der Waals surface area (Å²) >= 11 is 0. The Labute approximate surface area is 325 Å². The summed E-state index contributed by atoms with van der Waals surface area (Å²) in [6.07, 6.45) is 8.69. The lowest BCUT2D eigenvalue weighted by Gasteiger charge is -2.33. The zero-order chi connectivity index (χ0) is 37.0. The molecule has 2 N–H and O–H groups in total. The molecule has 7 aromatic carbocycles. The summed E-state index contributed by atoms with van der Waals surface area (Å²) in [6, 6.07) is 61.4. The van der Waals surface area contributed by atoms with Gasteiger partial charge in [0.05, 0.1) is 22.1 Å². The first kappa shape index (κ1) is 32.5. The van der Waals surface area contributed by atoms with E-state index in [4.69, 9.17) is 4.99 Å². The first-order valence-electron chi connectivity index (χ1n) is 19.5. The van der Waals surface area contributed by atoms with Crippen molar-refractivity contribution in [2.75, 3.05) is 0 Å². The molecule has 0 radical (unpaired) electrons. The van der Waals surface area contributed by atoms with Gasteiger partial charge in [-0.05, 0) is 89.7 Å². The molecule has 0 spiro atoms. The average Bonchev–Trinajstić information content (AvgIpc) is 3.78. The van der Waals surface area contributed by atoms with Crippen LogP contribution in [0.4, 0.5) is 0 Å². The molecule has 2 unspecified atom stereocenters. The number of fused-ring (bicyclic) bond motifs is 6. The van der Waals surface area contributed by atoms with Crippen molar-refractivity contribution in [3.05, 3.63) is 205 Å². The standard InChI is InChI=1S/C51H39N5/c1-4-16-34(17-5-1)49-52-50(35-18-6-2-7-19-35)54-51(53-49)38-22-14-20-36(30-38)37-21-15-25-40(31-37)56-46-29-13-11-27-42(46)44-32-43-41-26-10-12-28-45(41)55(47(43)33-48(44)56)39-23-8-3-9-24-39/h1,3-6,8-33,49-50,52H,2,7H2,(H,53,54). The molecule has 3 heterocycles. The number of nitrogens with zero attached hydrogens (tertiary/aromatic N) is 3. The van der Waals surface area contributed by atoms with Gasteiger partial charge in [-0.2, -0.15) is 0 Å². The van der Waals surface area contributed by atoms with Gasteiger partial charge in [0.25, 0.3) is 0 Å². The number of aromatic nitrogens is 2. The van der Waals surface area contributed by atoms with Crippen LogP contribution >= 0.6 is 0 Å². The van der Waals surface area contributed by atoms with Crippen LogP contribution in [0.1, 0.15) is 30.1 Å². The van der Waals surface area contributed by atoms with Crippen molar-refractivity contribution in [3.8, 4) is 22.5 Å². The van der Waals surface area contributed by atoms with E-state index in [1.54, 1.807) is 0 Å². The highest BCUT2D eigenvalue weighted by Gasteiger charge is 2.26. The Morgan fingerprint density at radius 2 is 1.09 bits per heavy atom. The molecule has 0 saturated carbocycles. The minimum atomic E-state index is -0.137. The molecule has 2 aliphatic rings. The Morgan fingerprint density at radius 3 is 1.80 bits per heavy atom. The van der Waals surface area contributed by atoms with E-state index in [9.17, 15) is 0 Å². The van der Waals surface area contributed by atoms with Crippen LogP contribution in [0.15, 0.2) is 199 Å². The van der Waals surface area contributed by atoms with Gasteiger partial charge >= 0.3 is 0 Å². The maximum Gasteiger partial charge on any atom is 0.131 e. The van der Waals surface area contributed by atoms with Gasteiger partial charge in [-0.25, -0.2) is 4.99 Å². The number of hydrogen-bond acceptors (Lipinski definition) is 3. The molecule has 1 aliphatic carbocycles. The molecule has 2 atom stereocenters. The minimum Gasteiger partial charge on any atom is -0.350 e. The predicted molar refractivity (Wildman–Crippen MR) is 233 cm³/mol. The molecule has 268 valence electrons. The van der Waals surface area contributed by atoms with Crippen molar-refractivity contribution < 1.29 is 0 Å². The van der Waals surface area contributed by atoms with Crippen molar-refractivity contribution in [3.63, 3.8) is 0 Å². The van der Waals surface area contributed by atoms with E-state index in [-0.39, 0.29) is 12.3 Å². The van der Waals surface area contributed by atoms with Gasteiger partial charge in [0.1, 0.15) is 18.2 Å². The zero-order valence-electron chi connectivity index (χ0n) is 30.8. The molecule has 9 aromatic rings. The summed E-state index contributed by atoms with van der Waals surface area (Å²) in [7, 11) is 0. The largest absolute Gasteiger partial charge is 0.350 e. The molecular formula is C51H39N5. The molecule has 56 heavy (non-hydrogen) atoms. The topological polar surface area (TPSA) is 46.3 Å². The van der Waals surface area contributed by atoms with Crippen LogP contribution in [-0.4, -0.2) is 21.1 Å². The van der Waals surface area contributed by atoms with Crippen molar-refractivity contribution in [2.24, 2.45) is 4.99 Å². The van der Waals surface area contributed by atoms with Crippen molar-refractivity contribution >= 4 is 49.4 Å². The van der Waals surface area contributed by atoms with Gasteiger partial charge in [0.15, 0.2) is 0 Å². The maximum atomic E-state index is 5.25. The molecule has 5 heteroatoms. The number of amidine groups is 1. The molecule has 1 aliphatic heterocycles. The summed E-state index contributed by atoms with van der Waals surface area (Å²) in [5.41, 5.74) is 12.8. The first-order chi connectivity index (χ1) is 27.8. The molecule has 5 nitrogen and oxygen atoms in total. The van der Waals surface area contributed by atoms with Gasteiger partial charge < -0.3 is 14.5 Å². The number of benzene rings is 7. The molecule has 11 rings (SSSR count). The fourth-order valence-corrected chi connectivity index (χ4v) is 8.77. The number of rotatable bonds is 6. The van der Waals surface area contributed by atoms with Gasteiger partial charge in [-0.3, -0.25) is 5.32 Å². The summed E-state index contributed by atoms with van der Waals surface area (Å²) in [5, 5.41) is 12.5. The Bertz CT molecular complexity index is 3040. The zero-order valence-corrected chi connectivity index (χ0v) is 30.8. The fraction of sp³-hybridized carbons (Fsp3) is 0.0784. The van der Waals surface area contributed by atoms with Crippen LogP contribution in [0.2, 0.25) is 0 Å². The highest BCUT2D eigenvalue weighted by Crippen LogP contribution is 2.40. The Kier molecular flexibility index (Phi) is 7.78. The van der Waals surface area contributed by atoms with Crippen LogP contribution in [0.3, 0.4) is 0 Å². The second kappa shape index (κ2) is 13.4. The Hall–Kier alpha value is -6.95. The summed E-state index contributed by atoms with van der Waals surface area (Å²) < 4.78 is 4.84. The summed E-state index contributed by atoms with van der Waals surface area (Å²) in [4.78, 5) is 5.25. The average molecular weight is 722 g/mol. The maximum absolute atomic E-state index is 5.25. The van der Waals surface area contributed by atoms with Crippen LogP contribution in [0.5, 0.6) is 0 Å². The summed E-state index contributed by atoms with van der Waals surface area (Å²) in [5.74, 6) is 0.890. The normalized spacial score (nSPS) is 17.0. The van der Waals surface area contributed by atoms with Crippen LogP contribution in [0.25, 0.3) is 66.1 Å². The van der Waals surface area contributed by atoms with E-state index in [2.05, 4.69) is 208 Å². The van der Waals surface area contributed by atoms with E-state index < -0.39 is 0 Å². The molecular weight excluding hydrogens is 683 g/mol. The fourth-order valence-electron chi connectivity index (χ4n) is 8.77. The number of aliphatic imine (C=N–C) groups is 1. The minimum absolute atomic E-state index is 0.0701. The van der Waals surface area contributed by atoms with E-state index in [1.165, 1.54) is 54.7 Å². The van der Waals surface area contributed by atoms with E-state index in [1.807, 2.05) is 0 Å². The van der Waals surface area contributed by atoms with Gasteiger partial charge in [-0.15, -0.1) is 0 Å². The third-order valence-corrected chi connectivity index (χ3v) is 11.4. The van der Waals surface area contributed by atoms with Crippen LogP contribution < -0.4 is 10.6 Å².